The van der Waals surface area contributed by atoms with E-state index < -0.39 is 0 Å². The molecular formula is C10H12N5O. The Labute approximate surface area is 92.5 Å². The third-order valence-corrected chi connectivity index (χ3v) is 2.82. The highest BCUT2D eigenvalue weighted by Crippen LogP contribution is 2.26. The predicted octanol–water partition coefficient (Wildman–Crippen LogP) is 1.44. The lowest BCUT2D eigenvalue weighted by atomic mass is 10.2. The fourth-order valence-corrected chi connectivity index (χ4v) is 2.01. The van der Waals surface area contributed by atoms with E-state index in [2.05, 4.69) is 15.0 Å². The zero-order valence-electron chi connectivity index (χ0n) is 8.76. The van der Waals surface area contributed by atoms with Crippen molar-refractivity contribution in [1.29, 1.82) is 0 Å². The summed E-state index contributed by atoms with van der Waals surface area (Å²) in [6, 6.07) is 0. The van der Waals surface area contributed by atoms with Crippen LogP contribution in [-0.2, 0) is 4.74 Å². The molecule has 2 aromatic heterocycles. The number of fused-ring (bicyclic) bond motifs is 1. The lowest BCUT2D eigenvalue weighted by molar-refractivity contribution is -0.0298. The molecule has 1 atom stereocenters. The van der Waals surface area contributed by atoms with Crippen LogP contribution in [0.5, 0.6) is 0 Å². The molecule has 0 spiro atoms. The molecule has 3 rings (SSSR count). The summed E-state index contributed by atoms with van der Waals surface area (Å²) in [5, 5.41) is 0. The van der Waals surface area contributed by atoms with Crippen molar-refractivity contribution in [2.24, 2.45) is 0 Å². The van der Waals surface area contributed by atoms with Gasteiger partial charge in [0, 0.05) is 6.61 Å². The summed E-state index contributed by atoms with van der Waals surface area (Å²) in [5.41, 5.74) is 8.85. The molecule has 1 radical (unpaired) electrons. The lowest BCUT2D eigenvalue weighted by Crippen LogP contribution is -2.17. The molecule has 1 aliphatic heterocycles. The first-order chi connectivity index (χ1) is 7.86. The van der Waals surface area contributed by atoms with Crippen molar-refractivity contribution in [3.63, 3.8) is 0 Å². The van der Waals surface area contributed by atoms with Crippen LogP contribution in [0.4, 0.5) is 5.82 Å². The maximum atomic E-state index is 7.62. The van der Waals surface area contributed by atoms with Crippen LogP contribution in [0.15, 0.2) is 12.7 Å². The predicted molar refractivity (Wildman–Crippen MR) is 56.9 cm³/mol. The number of aromatic nitrogens is 4. The number of nitrogens with zero attached hydrogens (tertiary/aromatic N) is 4. The van der Waals surface area contributed by atoms with Crippen LogP contribution in [0.1, 0.15) is 25.5 Å². The van der Waals surface area contributed by atoms with Gasteiger partial charge in [-0.05, 0) is 19.3 Å². The van der Waals surface area contributed by atoms with Gasteiger partial charge < -0.3 is 4.74 Å². The molecule has 6 nitrogen and oxygen atoms in total. The molecule has 0 bridgehead atoms. The summed E-state index contributed by atoms with van der Waals surface area (Å²) in [4.78, 5) is 12.1. The number of hydrogen-bond donors (Lipinski definition) is 0. The third kappa shape index (κ3) is 1.42. The van der Waals surface area contributed by atoms with Gasteiger partial charge in [0.25, 0.3) is 0 Å². The van der Waals surface area contributed by atoms with Gasteiger partial charge in [-0.15, -0.1) is 0 Å². The normalized spacial score (nSPS) is 21.4. The Balaban J connectivity index is 2.06. The highest BCUT2D eigenvalue weighted by Gasteiger charge is 2.19. The van der Waals surface area contributed by atoms with Gasteiger partial charge in [0.2, 0.25) is 0 Å². The van der Waals surface area contributed by atoms with Gasteiger partial charge in [-0.3, -0.25) is 10.3 Å². The first-order valence-electron chi connectivity index (χ1n) is 5.37. The highest BCUT2D eigenvalue weighted by molar-refractivity contribution is 5.79. The summed E-state index contributed by atoms with van der Waals surface area (Å²) < 4.78 is 7.57. The molecule has 3 heterocycles. The molecule has 0 aromatic carbocycles. The number of hydrogen-bond acceptors (Lipinski definition) is 4. The van der Waals surface area contributed by atoms with E-state index in [-0.39, 0.29) is 12.0 Å². The van der Waals surface area contributed by atoms with Crippen LogP contribution in [0.2, 0.25) is 0 Å². The van der Waals surface area contributed by atoms with Crippen LogP contribution in [0, 0.1) is 0 Å². The molecule has 1 unspecified atom stereocenters. The molecule has 1 N–H and O–H groups in total. The van der Waals surface area contributed by atoms with Crippen molar-refractivity contribution >= 4 is 17.0 Å². The number of rotatable bonds is 1. The SMILES string of the molecule is [NH]c1ncnc2c1ncn2C1CCCCO1. The van der Waals surface area contributed by atoms with E-state index in [9.17, 15) is 0 Å². The molecular weight excluding hydrogens is 206 g/mol. The smallest absolute Gasteiger partial charge is 0.176 e. The maximum Gasteiger partial charge on any atom is 0.176 e. The van der Waals surface area contributed by atoms with E-state index in [1.165, 1.54) is 6.33 Å². The van der Waals surface area contributed by atoms with Gasteiger partial charge in [0.15, 0.2) is 17.0 Å². The summed E-state index contributed by atoms with van der Waals surface area (Å²) in [6.45, 7) is 0.781. The molecule has 0 aliphatic carbocycles. The molecule has 1 aliphatic rings. The first-order valence-corrected chi connectivity index (χ1v) is 5.37. The second-order valence-corrected chi connectivity index (χ2v) is 3.87. The average Bonchev–Trinajstić information content (AvgIpc) is 2.75. The van der Waals surface area contributed by atoms with Gasteiger partial charge in [-0.1, -0.05) is 0 Å². The fraction of sp³-hybridized carbons (Fsp3) is 0.500. The van der Waals surface area contributed by atoms with Crippen molar-refractivity contribution < 1.29 is 4.74 Å². The number of nitrogens with one attached hydrogen (secondary N) is 1. The Morgan fingerprint density at radius 2 is 2.25 bits per heavy atom. The van der Waals surface area contributed by atoms with E-state index in [1.807, 2.05) is 4.57 Å². The minimum atomic E-state index is 0.00745. The molecule has 16 heavy (non-hydrogen) atoms. The zero-order chi connectivity index (χ0) is 11.0. The van der Waals surface area contributed by atoms with Crippen molar-refractivity contribution in [2.75, 3.05) is 6.61 Å². The zero-order valence-corrected chi connectivity index (χ0v) is 8.76. The van der Waals surface area contributed by atoms with Crippen LogP contribution < -0.4 is 5.73 Å². The van der Waals surface area contributed by atoms with Gasteiger partial charge in [-0.25, -0.2) is 15.0 Å². The van der Waals surface area contributed by atoms with Crippen LogP contribution in [0.3, 0.4) is 0 Å². The largest absolute Gasteiger partial charge is 0.358 e. The summed E-state index contributed by atoms with van der Waals surface area (Å²) >= 11 is 0. The van der Waals surface area contributed by atoms with E-state index in [4.69, 9.17) is 10.5 Å². The van der Waals surface area contributed by atoms with Crippen LogP contribution >= 0.6 is 0 Å². The van der Waals surface area contributed by atoms with Gasteiger partial charge in [0.1, 0.15) is 12.6 Å². The van der Waals surface area contributed by atoms with Crippen molar-refractivity contribution in [3.05, 3.63) is 12.7 Å². The second kappa shape index (κ2) is 3.71. The highest BCUT2D eigenvalue weighted by atomic mass is 16.5. The minimum Gasteiger partial charge on any atom is -0.358 e. The Morgan fingerprint density at radius 1 is 1.31 bits per heavy atom. The summed E-state index contributed by atoms with van der Waals surface area (Å²) in [5.74, 6) is 0.166. The van der Waals surface area contributed by atoms with Crippen molar-refractivity contribution in [2.45, 2.75) is 25.5 Å². The molecule has 2 aromatic rings. The van der Waals surface area contributed by atoms with Gasteiger partial charge in [-0.2, -0.15) is 0 Å². The molecule has 83 valence electrons. The first kappa shape index (κ1) is 9.53. The molecule has 1 fully saturated rings. The third-order valence-electron chi connectivity index (χ3n) is 2.82. The molecule has 0 amide bonds. The van der Waals surface area contributed by atoms with E-state index in [1.54, 1.807) is 6.33 Å². The maximum absolute atomic E-state index is 7.62. The van der Waals surface area contributed by atoms with E-state index >= 15 is 0 Å². The molecule has 6 heteroatoms. The fourth-order valence-electron chi connectivity index (χ4n) is 2.01. The van der Waals surface area contributed by atoms with Gasteiger partial charge in [0.05, 0.1) is 6.33 Å². The molecule has 1 saturated heterocycles. The van der Waals surface area contributed by atoms with Crippen LogP contribution in [0.25, 0.3) is 11.2 Å². The topological polar surface area (TPSA) is 76.6 Å². The Bertz CT molecular complexity index is 503. The second-order valence-electron chi connectivity index (χ2n) is 3.87. The Morgan fingerprint density at radius 3 is 3.06 bits per heavy atom. The quantitative estimate of drug-likeness (QED) is 0.725. The van der Waals surface area contributed by atoms with Gasteiger partial charge >= 0.3 is 0 Å². The minimum absolute atomic E-state index is 0.00745. The van der Waals surface area contributed by atoms with E-state index in [0.29, 0.717) is 11.2 Å². The van der Waals surface area contributed by atoms with Crippen LogP contribution in [-0.4, -0.2) is 26.1 Å². The Hall–Kier alpha value is -1.69. The monoisotopic (exact) mass is 218 g/mol. The number of ether oxygens (including phenoxy) is 1. The van der Waals surface area contributed by atoms with Crippen molar-refractivity contribution in [3.8, 4) is 0 Å². The summed E-state index contributed by atoms with van der Waals surface area (Å²) in [6.07, 6.45) is 6.33. The average molecular weight is 218 g/mol. The number of imidazole rings is 1. The van der Waals surface area contributed by atoms with E-state index in [0.717, 1.165) is 25.9 Å². The standard InChI is InChI=1S/C10H12N5O/c11-9-8-10(13-5-12-9)15(6-14-8)7-3-1-2-4-16-7/h5-7,11H,1-4H2. The Kier molecular flexibility index (Phi) is 2.21. The lowest BCUT2D eigenvalue weighted by Gasteiger charge is -2.23. The summed E-state index contributed by atoms with van der Waals surface area (Å²) in [7, 11) is 0. The molecule has 0 saturated carbocycles. The van der Waals surface area contributed by atoms with Crippen molar-refractivity contribution in [1.82, 2.24) is 25.3 Å².